The molecular weight excluding hydrogens is 307 g/mol. The van der Waals surface area contributed by atoms with Crippen LogP contribution in [-0.4, -0.2) is 41.3 Å². The van der Waals surface area contributed by atoms with Gasteiger partial charge in [0.25, 0.3) is 0 Å². The molecule has 0 radical (unpaired) electrons. The van der Waals surface area contributed by atoms with E-state index >= 15 is 0 Å². The number of benzene rings is 1. The van der Waals surface area contributed by atoms with E-state index in [2.05, 4.69) is 36.9 Å². The third-order valence-corrected chi connectivity index (χ3v) is 5.47. The second kappa shape index (κ2) is 5.36. The Bertz CT molecular complexity index is 565. The van der Waals surface area contributed by atoms with E-state index < -0.39 is 4.33 Å². The molecule has 0 bridgehead atoms. The molecule has 0 spiro atoms. The van der Waals surface area contributed by atoms with Crippen molar-refractivity contribution in [3.8, 4) is 0 Å². The van der Waals surface area contributed by atoms with Crippen LogP contribution in [0.4, 0.5) is 5.69 Å². The van der Waals surface area contributed by atoms with E-state index in [-0.39, 0.29) is 11.8 Å². The van der Waals surface area contributed by atoms with Gasteiger partial charge in [0.1, 0.15) is 4.33 Å². The van der Waals surface area contributed by atoms with Crippen LogP contribution in [-0.2, 0) is 4.79 Å². The van der Waals surface area contributed by atoms with Gasteiger partial charge in [-0.05, 0) is 37.5 Å². The Morgan fingerprint density at radius 1 is 1.19 bits per heavy atom. The highest BCUT2D eigenvalue weighted by atomic mass is 35.5. The number of alkyl halides is 2. The van der Waals surface area contributed by atoms with Crippen molar-refractivity contribution in [3.63, 3.8) is 0 Å². The van der Waals surface area contributed by atoms with E-state index in [1.807, 2.05) is 4.90 Å². The predicted molar refractivity (Wildman–Crippen MR) is 87.3 cm³/mol. The summed E-state index contributed by atoms with van der Waals surface area (Å²) in [7, 11) is 0. The summed E-state index contributed by atoms with van der Waals surface area (Å²) in [5, 5.41) is 0. The van der Waals surface area contributed by atoms with Gasteiger partial charge in [0.15, 0.2) is 0 Å². The van der Waals surface area contributed by atoms with Gasteiger partial charge in [0.05, 0.1) is 5.92 Å². The van der Waals surface area contributed by atoms with E-state index in [9.17, 15) is 4.79 Å². The van der Waals surface area contributed by atoms with Crippen LogP contribution in [0.25, 0.3) is 0 Å². The van der Waals surface area contributed by atoms with Crippen LogP contribution in [0.15, 0.2) is 18.2 Å². The van der Waals surface area contributed by atoms with Crippen molar-refractivity contribution in [2.45, 2.75) is 24.6 Å². The van der Waals surface area contributed by atoms with Crippen LogP contribution in [0, 0.1) is 19.8 Å². The highest BCUT2D eigenvalue weighted by Gasteiger charge is 2.57. The number of nitrogens with zero attached hydrogens (tertiary/aromatic N) is 2. The van der Waals surface area contributed by atoms with Gasteiger partial charge < -0.3 is 9.80 Å². The molecule has 1 heterocycles. The number of anilines is 1. The number of hydrogen-bond donors (Lipinski definition) is 0. The van der Waals surface area contributed by atoms with Crippen molar-refractivity contribution in [2.24, 2.45) is 5.92 Å². The quantitative estimate of drug-likeness (QED) is 0.779. The maximum atomic E-state index is 12.3. The molecule has 0 N–H and O–H groups in total. The summed E-state index contributed by atoms with van der Waals surface area (Å²) in [4.78, 5) is 16.5. The molecule has 1 unspecified atom stereocenters. The van der Waals surface area contributed by atoms with Gasteiger partial charge in [-0.3, -0.25) is 4.79 Å². The van der Waals surface area contributed by atoms with Gasteiger partial charge in [0.2, 0.25) is 5.91 Å². The number of amides is 1. The van der Waals surface area contributed by atoms with Gasteiger partial charge in [-0.15, -0.1) is 23.2 Å². The number of carbonyl (C=O) groups excluding carboxylic acids is 1. The number of aryl methyl sites for hydroxylation is 1. The second-order valence-corrected chi connectivity index (χ2v) is 7.59. The Morgan fingerprint density at radius 3 is 2.38 bits per heavy atom. The molecule has 2 fully saturated rings. The number of carbonyl (C=O) groups is 1. The fourth-order valence-electron chi connectivity index (χ4n) is 2.95. The fourth-order valence-corrected chi connectivity index (χ4v) is 3.44. The van der Waals surface area contributed by atoms with Crippen LogP contribution in [0.2, 0.25) is 0 Å². The van der Waals surface area contributed by atoms with Crippen molar-refractivity contribution >= 4 is 34.8 Å². The first-order valence-electron chi connectivity index (χ1n) is 7.38. The van der Waals surface area contributed by atoms with Crippen LogP contribution >= 0.6 is 23.2 Å². The van der Waals surface area contributed by atoms with Crippen molar-refractivity contribution < 1.29 is 4.79 Å². The zero-order valence-corrected chi connectivity index (χ0v) is 13.9. The summed E-state index contributed by atoms with van der Waals surface area (Å²) in [6.45, 7) is 7.49. The molecule has 21 heavy (non-hydrogen) atoms. The summed E-state index contributed by atoms with van der Waals surface area (Å²) in [5.41, 5.74) is 3.90. The van der Waals surface area contributed by atoms with E-state index in [4.69, 9.17) is 23.2 Å². The Labute approximate surface area is 135 Å². The fraction of sp³-hybridized carbons (Fsp3) is 0.562. The van der Waals surface area contributed by atoms with Gasteiger partial charge >= 0.3 is 0 Å². The molecule has 1 aromatic carbocycles. The van der Waals surface area contributed by atoms with E-state index in [0.717, 1.165) is 26.2 Å². The molecule has 2 aliphatic rings. The standard InChI is InChI=1S/C16H20Cl2N2O/c1-11-4-3-5-14(12(11)2)19-6-8-20(9-7-19)15(21)13-10-16(13,17)18/h3-5,13H,6-10H2,1-2H3. The number of rotatable bonds is 2. The Morgan fingerprint density at radius 2 is 1.81 bits per heavy atom. The first-order chi connectivity index (χ1) is 9.90. The lowest BCUT2D eigenvalue weighted by atomic mass is 10.1. The summed E-state index contributed by atoms with van der Waals surface area (Å²) in [6.07, 6.45) is 0.589. The van der Waals surface area contributed by atoms with Crippen LogP contribution in [0.3, 0.4) is 0 Å². The number of hydrogen-bond acceptors (Lipinski definition) is 2. The van der Waals surface area contributed by atoms with E-state index in [1.54, 1.807) is 0 Å². The maximum Gasteiger partial charge on any atom is 0.228 e. The molecule has 1 aliphatic carbocycles. The largest absolute Gasteiger partial charge is 0.368 e. The highest BCUT2D eigenvalue weighted by Crippen LogP contribution is 2.53. The number of piperazine rings is 1. The normalized spacial score (nSPS) is 24.1. The first-order valence-corrected chi connectivity index (χ1v) is 8.13. The zero-order valence-electron chi connectivity index (χ0n) is 12.4. The number of halogens is 2. The molecule has 1 saturated heterocycles. The van der Waals surface area contributed by atoms with Crippen LogP contribution in [0.1, 0.15) is 17.5 Å². The zero-order chi connectivity index (χ0) is 15.2. The molecule has 1 saturated carbocycles. The molecule has 1 amide bonds. The smallest absolute Gasteiger partial charge is 0.228 e. The summed E-state index contributed by atoms with van der Waals surface area (Å²) >= 11 is 12.0. The average Bonchev–Trinajstić information content (AvgIpc) is 3.10. The maximum absolute atomic E-state index is 12.3. The van der Waals surface area contributed by atoms with Crippen molar-refractivity contribution in [1.29, 1.82) is 0 Å². The third-order valence-electron chi connectivity index (χ3n) is 4.63. The average molecular weight is 327 g/mol. The highest BCUT2D eigenvalue weighted by molar-refractivity contribution is 6.52. The molecule has 1 aliphatic heterocycles. The van der Waals surface area contributed by atoms with E-state index in [1.165, 1.54) is 16.8 Å². The Hall–Kier alpha value is -0.930. The minimum atomic E-state index is -0.818. The predicted octanol–water partition coefficient (Wildman–Crippen LogP) is 3.15. The molecule has 1 atom stereocenters. The van der Waals surface area contributed by atoms with Crippen LogP contribution in [0.5, 0.6) is 0 Å². The topological polar surface area (TPSA) is 23.6 Å². The molecule has 3 rings (SSSR count). The lowest BCUT2D eigenvalue weighted by Crippen LogP contribution is -2.49. The SMILES string of the molecule is Cc1cccc(N2CCN(C(=O)C3CC3(Cl)Cl)CC2)c1C. The molecule has 5 heteroatoms. The van der Waals surface area contributed by atoms with Gasteiger partial charge in [0, 0.05) is 31.9 Å². The van der Waals surface area contributed by atoms with Gasteiger partial charge in [-0.1, -0.05) is 12.1 Å². The van der Waals surface area contributed by atoms with Crippen molar-refractivity contribution in [2.75, 3.05) is 31.1 Å². The van der Waals surface area contributed by atoms with Gasteiger partial charge in [-0.25, -0.2) is 0 Å². The Balaban J connectivity index is 1.63. The summed E-state index contributed by atoms with van der Waals surface area (Å²) in [6, 6.07) is 6.38. The summed E-state index contributed by atoms with van der Waals surface area (Å²) < 4.78 is -0.818. The molecule has 1 aromatic rings. The second-order valence-electron chi connectivity index (χ2n) is 6.05. The van der Waals surface area contributed by atoms with Crippen molar-refractivity contribution in [1.82, 2.24) is 4.90 Å². The minimum absolute atomic E-state index is 0.112. The van der Waals surface area contributed by atoms with Crippen LogP contribution < -0.4 is 4.90 Å². The lowest BCUT2D eigenvalue weighted by Gasteiger charge is -2.37. The lowest BCUT2D eigenvalue weighted by molar-refractivity contribution is -0.132. The monoisotopic (exact) mass is 326 g/mol. The minimum Gasteiger partial charge on any atom is -0.368 e. The third kappa shape index (κ3) is 2.86. The first kappa shape index (κ1) is 15.0. The summed E-state index contributed by atoms with van der Waals surface area (Å²) in [5.74, 6) is -0.0892. The van der Waals surface area contributed by atoms with E-state index in [0.29, 0.717) is 6.42 Å². The molecule has 114 valence electrons. The molecule has 0 aromatic heterocycles. The molecule has 3 nitrogen and oxygen atoms in total. The Kier molecular flexibility index (Phi) is 3.83. The molecular formula is C16H20Cl2N2O. The van der Waals surface area contributed by atoms with Crippen molar-refractivity contribution in [3.05, 3.63) is 29.3 Å². The van der Waals surface area contributed by atoms with Gasteiger partial charge in [-0.2, -0.15) is 0 Å².